The first-order valence-corrected chi connectivity index (χ1v) is 9.83. The van der Waals surface area contributed by atoms with Crippen LogP contribution in [0.4, 0.5) is 10.2 Å². The average Bonchev–Trinajstić information content (AvgIpc) is 3.06. The molecule has 0 spiro atoms. The van der Waals surface area contributed by atoms with Gasteiger partial charge >= 0.3 is 0 Å². The van der Waals surface area contributed by atoms with E-state index in [4.69, 9.17) is 5.26 Å². The standard InChI is InChI=1S/C19H18FN5O2S/c1-19(2,3)17-9-18(25(23-17)15-6-4-14(20)5-7-15)24-28(26,27)16-8-13(10-21)11-22-12-16/h4-9,11-12,24H,1-3H3. The second-order valence-electron chi connectivity index (χ2n) is 7.18. The number of hydrogen-bond acceptors (Lipinski definition) is 5. The molecule has 0 aliphatic carbocycles. The Labute approximate surface area is 162 Å². The summed E-state index contributed by atoms with van der Waals surface area (Å²) in [6, 6.07) is 10.3. The summed E-state index contributed by atoms with van der Waals surface area (Å²) in [5, 5.41) is 13.5. The molecule has 3 rings (SSSR count). The first-order valence-electron chi connectivity index (χ1n) is 8.34. The van der Waals surface area contributed by atoms with Crippen LogP contribution in [0.2, 0.25) is 0 Å². The predicted octanol–water partition coefficient (Wildman–Crippen LogP) is 3.38. The van der Waals surface area contributed by atoms with Crippen LogP contribution in [0.5, 0.6) is 0 Å². The highest BCUT2D eigenvalue weighted by Crippen LogP contribution is 2.28. The molecule has 0 aliphatic heterocycles. The van der Waals surface area contributed by atoms with Gasteiger partial charge in [0.2, 0.25) is 0 Å². The van der Waals surface area contributed by atoms with Gasteiger partial charge in [0.1, 0.15) is 22.6 Å². The van der Waals surface area contributed by atoms with Crippen LogP contribution in [0.25, 0.3) is 5.69 Å². The van der Waals surface area contributed by atoms with Crippen LogP contribution < -0.4 is 4.72 Å². The van der Waals surface area contributed by atoms with E-state index in [1.165, 1.54) is 41.2 Å². The number of anilines is 1. The van der Waals surface area contributed by atoms with E-state index in [1.54, 1.807) is 6.07 Å². The van der Waals surface area contributed by atoms with Gasteiger partial charge in [-0.15, -0.1) is 0 Å². The summed E-state index contributed by atoms with van der Waals surface area (Å²) in [7, 11) is -4.02. The molecule has 0 saturated carbocycles. The largest absolute Gasteiger partial charge is 0.264 e. The maximum Gasteiger partial charge on any atom is 0.264 e. The fourth-order valence-corrected chi connectivity index (χ4v) is 3.44. The van der Waals surface area contributed by atoms with E-state index >= 15 is 0 Å². The molecule has 9 heteroatoms. The molecule has 28 heavy (non-hydrogen) atoms. The number of nitriles is 1. The zero-order valence-electron chi connectivity index (χ0n) is 15.5. The molecule has 0 amide bonds. The van der Waals surface area contributed by atoms with E-state index in [1.807, 2.05) is 26.8 Å². The fraction of sp³-hybridized carbons (Fsp3) is 0.211. The first kappa shape index (κ1) is 19.5. The summed E-state index contributed by atoms with van der Waals surface area (Å²) in [5.74, 6) is -0.215. The van der Waals surface area contributed by atoms with Crippen molar-refractivity contribution < 1.29 is 12.8 Å². The number of nitrogens with zero attached hydrogens (tertiary/aromatic N) is 4. The average molecular weight is 399 g/mol. The minimum Gasteiger partial charge on any atom is -0.263 e. The van der Waals surface area contributed by atoms with Crippen molar-refractivity contribution in [3.8, 4) is 11.8 Å². The second-order valence-corrected chi connectivity index (χ2v) is 8.86. The quantitative estimate of drug-likeness (QED) is 0.725. The second kappa shape index (κ2) is 7.05. The van der Waals surface area contributed by atoms with Crippen LogP contribution in [0.1, 0.15) is 32.0 Å². The van der Waals surface area contributed by atoms with Gasteiger partial charge in [-0.05, 0) is 30.3 Å². The summed E-state index contributed by atoms with van der Waals surface area (Å²) in [4.78, 5) is 3.65. The maximum atomic E-state index is 13.3. The number of nitrogens with one attached hydrogen (secondary N) is 1. The summed E-state index contributed by atoms with van der Waals surface area (Å²) < 4.78 is 42.8. The first-order chi connectivity index (χ1) is 13.1. The molecule has 1 aromatic carbocycles. The van der Waals surface area contributed by atoms with E-state index in [0.29, 0.717) is 11.4 Å². The number of aromatic nitrogens is 3. The van der Waals surface area contributed by atoms with E-state index in [0.717, 1.165) is 6.20 Å². The van der Waals surface area contributed by atoms with E-state index in [2.05, 4.69) is 14.8 Å². The lowest BCUT2D eigenvalue weighted by Crippen LogP contribution is -2.16. The van der Waals surface area contributed by atoms with E-state index in [9.17, 15) is 12.8 Å². The van der Waals surface area contributed by atoms with Crippen LogP contribution in [-0.4, -0.2) is 23.2 Å². The van der Waals surface area contributed by atoms with Gasteiger partial charge in [0.15, 0.2) is 0 Å². The summed E-state index contributed by atoms with van der Waals surface area (Å²) in [6.45, 7) is 5.84. The van der Waals surface area contributed by atoms with Crippen molar-refractivity contribution in [2.45, 2.75) is 31.1 Å². The number of rotatable bonds is 4. The molecule has 1 N–H and O–H groups in total. The Bertz CT molecular complexity index is 1160. The Morgan fingerprint density at radius 3 is 2.43 bits per heavy atom. The molecule has 0 saturated heterocycles. The lowest BCUT2D eigenvalue weighted by molar-refractivity contribution is 0.560. The van der Waals surface area contributed by atoms with Crippen LogP contribution in [-0.2, 0) is 15.4 Å². The molecule has 2 heterocycles. The van der Waals surface area contributed by atoms with Crippen molar-refractivity contribution in [2.24, 2.45) is 0 Å². The molecular weight excluding hydrogens is 381 g/mol. The van der Waals surface area contributed by atoms with Crippen LogP contribution in [0.3, 0.4) is 0 Å². The van der Waals surface area contributed by atoms with Crippen molar-refractivity contribution in [2.75, 3.05) is 4.72 Å². The van der Waals surface area contributed by atoms with Gasteiger partial charge in [0.25, 0.3) is 10.0 Å². The maximum absolute atomic E-state index is 13.3. The number of sulfonamides is 1. The van der Waals surface area contributed by atoms with Gasteiger partial charge in [-0.25, -0.2) is 17.5 Å². The molecular formula is C19H18FN5O2S. The Hall–Kier alpha value is -3.25. The molecule has 0 radical (unpaired) electrons. The monoisotopic (exact) mass is 399 g/mol. The molecule has 2 aromatic heterocycles. The zero-order valence-corrected chi connectivity index (χ0v) is 16.3. The lowest BCUT2D eigenvalue weighted by Gasteiger charge is -2.14. The molecule has 144 valence electrons. The number of benzene rings is 1. The van der Waals surface area contributed by atoms with Gasteiger partial charge in [-0.2, -0.15) is 10.4 Å². The smallest absolute Gasteiger partial charge is 0.263 e. The number of halogens is 1. The molecule has 0 aliphatic rings. The molecule has 3 aromatic rings. The van der Waals surface area contributed by atoms with Crippen molar-refractivity contribution >= 4 is 15.8 Å². The highest BCUT2D eigenvalue weighted by molar-refractivity contribution is 7.92. The van der Waals surface area contributed by atoms with Crippen molar-refractivity contribution in [3.63, 3.8) is 0 Å². The molecule has 0 bridgehead atoms. The summed E-state index contributed by atoms with van der Waals surface area (Å²) in [5.41, 5.74) is 0.940. The number of pyridine rings is 1. The van der Waals surface area contributed by atoms with E-state index < -0.39 is 15.8 Å². The third kappa shape index (κ3) is 4.02. The normalized spacial score (nSPS) is 11.8. The van der Waals surface area contributed by atoms with Gasteiger partial charge in [0.05, 0.1) is 16.9 Å². The minimum atomic E-state index is -4.02. The van der Waals surface area contributed by atoms with Gasteiger partial charge in [0, 0.05) is 23.9 Å². The van der Waals surface area contributed by atoms with Crippen molar-refractivity contribution in [1.29, 1.82) is 5.26 Å². The Kier molecular flexibility index (Phi) is 4.91. The highest BCUT2D eigenvalue weighted by atomic mass is 32.2. The minimum absolute atomic E-state index is 0.130. The molecule has 7 nitrogen and oxygen atoms in total. The Morgan fingerprint density at radius 2 is 1.82 bits per heavy atom. The Morgan fingerprint density at radius 1 is 1.14 bits per heavy atom. The van der Waals surface area contributed by atoms with Crippen LogP contribution in [0.15, 0.2) is 53.7 Å². The lowest BCUT2D eigenvalue weighted by atomic mass is 9.92. The highest BCUT2D eigenvalue weighted by Gasteiger charge is 2.24. The third-order valence-electron chi connectivity index (χ3n) is 3.94. The van der Waals surface area contributed by atoms with Gasteiger partial charge in [-0.1, -0.05) is 20.8 Å². The van der Waals surface area contributed by atoms with Crippen molar-refractivity contribution in [3.05, 3.63) is 65.9 Å². The van der Waals surface area contributed by atoms with Crippen molar-refractivity contribution in [1.82, 2.24) is 14.8 Å². The van der Waals surface area contributed by atoms with E-state index in [-0.39, 0.29) is 21.7 Å². The predicted molar refractivity (Wildman–Crippen MR) is 102 cm³/mol. The SMILES string of the molecule is CC(C)(C)c1cc(NS(=O)(=O)c2cncc(C#N)c2)n(-c2ccc(F)cc2)n1. The Balaban J connectivity index is 2.08. The summed E-state index contributed by atoms with van der Waals surface area (Å²) in [6.07, 6.45) is 2.44. The molecule has 0 fully saturated rings. The number of hydrogen-bond donors (Lipinski definition) is 1. The fourth-order valence-electron chi connectivity index (χ4n) is 2.42. The topological polar surface area (TPSA) is 101 Å². The summed E-state index contributed by atoms with van der Waals surface area (Å²) >= 11 is 0. The van der Waals surface area contributed by atoms with Crippen LogP contribution >= 0.6 is 0 Å². The molecule has 0 unspecified atom stereocenters. The van der Waals surface area contributed by atoms with Gasteiger partial charge < -0.3 is 0 Å². The third-order valence-corrected chi connectivity index (χ3v) is 5.26. The van der Waals surface area contributed by atoms with Crippen LogP contribution in [0, 0.1) is 17.1 Å². The van der Waals surface area contributed by atoms with Gasteiger partial charge in [-0.3, -0.25) is 9.71 Å². The molecule has 0 atom stereocenters. The zero-order chi connectivity index (χ0) is 20.5.